The van der Waals surface area contributed by atoms with E-state index in [1.54, 1.807) is 6.20 Å². The molecule has 2 aromatic rings. The molecule has 1 aromatic heterocycles. The lowest BCUT2D eigenvalue weighted by Gasteiger charge is -2.07. The van der Waals surface area contributed by atoms with Crippen molar-refractivity contribution >= 4 is 26.0 Å². The lowest BCUT2D eigenvalue weighted by molar-refractivity contribution is 0.555. The molecular weight excluding hydrogens is 361 g/mol. The first-order valence-electron chi connectivity index (χ1n) is 6.34. The quantitative estimate of drug-likeness (QED) is 0.761. The van der Waals surface area contributed by atoms with Gasteiger partial charge in [0.05, 0.1) is 6.20 Å². The Morgan fingerprint density at radius 2 is 2.19 bits per heavy atom. The minimum absolute atomic E-state index is 0.239. The Morgan fingerprint density at radius 3 is 2.81 bits per heavy atom. The molecule has 0 aliphatic rings. The number of nitrogens with zero attached hydrogens (tertiary/aromatic N) is 1. The third kappa shape index (κ3) is 4.12. The zero-order valence-electron chi connectivity index (χ0n) is 11.4. The number of halogens is 2. The maximum atomic E-state index is 13.7. The van der Waals surface area contributed by atoms with Crippen molar-refractivity contribution in [3.8, 4) is 0 Å². The van der Waals surface area contributed by atoms with E-state index in [0.717, 1.165) is 17.3 Å². The molecular formula is C13H15BrFN3O2S. The van der Waals surface area contributed by atoms with Gasteiger partial charge in [-0.1, -0.05) is 15.9 Å². The molecule has 0 fully saturated rings. The van der Waals surface area contributed by atoms with E-state index < -0.39 is 15.8 Å². The summed E-state index contributed by atoms with van der Waals surface area (Å²) in [6.45, 7) is 2.15. The molecule has 0 saturated carbocycles. The number of hydrogen-bond donors (Lipinski definition) is 2. The molecule has 2 N–H and O–H groups in total. The van der Waals surface area contributed by atoms with Crippen LogP contribution in [0.15, 0.2) is 33.8 Å². The number of sulfonamides is 1. The zero-order chi connectivity index (χ0) is 15.5. The molecule has 2 rings (SSSR count). The average Bonchev–Trinajstić information content (AvgIpc) is 2.80. The van der Waals surface area contributed by atoms with Gasteiger partial charge in [0.1, 0.15) is 10.7 Å². The summed E-state index contributed by atoms with van der Waals surface area (Å²) in [6.07, 6.45) is 3.03. The van der Waals surface area contributed by atoms with E-state index in [9.17, 15) is 12.8 Å². The summed E-state index contributed by atoms with van der Waals surface area (Å²) in [4.78, 5) is -0.342. The number of benzene rings is 1. The molecule has 0 bridgehead atoms. The third-order valence-electron chi connectivity index (χ3n) is 3.03. The molecule has 0 radical (unpaired) electrons. The largest absolute Gasteiger partial charge is 0.283 e. The first-order valence-corrected chi connectivity index (χ1v) is 8.61. The Balaban J connectivity index is 1.94. The van der Waals surface area contributed by atoms with Gasteiger partial charge >= 0.3 is 0 Å². The first kappa shape index (κ1) is 16.1. The summed E-state index contributed by atoms with van der Waals surface area (Å²) in [5.74, 6) is -0.775. The molecule has 21 heavy (non-hydrogen) atoms. The van der Waals surface area contributed by atoms with Crippen LogP contribution in [-0.4, -0.2) is 25.2 Å². The molecule has 1 heterocycles. The van der Waals surface area contributed by atoms with Gasteiger partial charge < -0.3 is 0 Å². The Hall–Kier alpha value is -1.25. The highest BCUT2D eigenvalue weighted by Crippen LogP contribution is 2.19. The SMILES string of the molecule is Cc1[nH]ncc1CCCNS(=O)(=O)c1ccc(Br)cc1F. The van der Waals surface area contributed by atoms with Crippen molar-refractivity contribution < 1.29 is 12.8 Å². The number of aryl methyl sites for hydroxylation is 2. The van der Waals surface area contributed by atoms with Crippen molar-refractivity contribution in [3.63, 3.8) is 0 Å². The zero-order valence-corrected chi connectivity index (χ0v) is 13.8. The Bertz CT molecular complexity index is 731. The number of aromatic amines is 1. The van der Waals surface area contributed by atoms with Crippen molar-refractivity contribution in [2.45, 2.75) is 24.7 Å². The van der Waals surface area contributed by atoms with Crippen molar-refractivity contribution in [3.05, 3.63) is 45.9 Å². The van der Waals surface area contributed by atoms with Crippen LogP contribution in [0.25, 0.3) is 0 Å². The summed E-state index contributed by atoms with van der Waals surface area (Å²) in [7, 11) is -3.83. The molecule has 1 aromatic carbocycles. The van der Waals surface area contributed by atoms with Gasteiger partial charge in [0.2, 0.25) is 10.0 Å². The van der Waals surface area contributed by atoms with Crippen molar-refractivity contribution in [2.24, 2.45) is 0 Å². The molecule has 0 spiro atoms. The van der Waals surface area contributed by atoms with Crippen LogP contribution in [0.1, 0.15) is 17.7 Å². The molecule has 8 heteroatoms. The third-order valence-corrected chi connectivity index (χ3v) is 5.02. The Kier molecular flexibility index (Phi) is 5.13. The molecule has 5 nitrogen and oxygen atoms in total. The predicted octanol–water partition coefficient (Wildman–Crippen LogP) is 2.53. The smallest absolute Gasteiger partial charge is 0.243 e. The van der Waals surface area contributed by atoms with E-state index in [2.05, 4.69) is 30.8 Å². The highest BCUT2D eigenvalue weighted by atomic mass is 79.9. The number of H-pyrrole nitrogens is 1. The van der Waals surface area contributed by atoms with Gasteiger partial charge in [-0.05, 0) is 43.5 Å². The monoisotopic (exact) mass is 375 g/mol. The van der Waals surface area contributed by atoms with Crippen LogP contribution in [0.3, 0.4) is 0 Å². The Morgan fingerprint density at radius 1 is 1.43 bits per heavy atom. The second-order valence-electron chi connectivity index (χ2n) is 4.60. The second-order valence-corrected chi connectivity index (χ2v) is 7.25. The molecule has 0 saturated heterocycles. The lowest BCUT2D eigenvalue weighted by atomic mass is 10.1. The minimum atomic E-state index is -3.83. The van der Waals surface area contributed by atoms with Crippen molar-refractivity contribution in [1.29, 1.82) is 0 Å². The van der Waals surface area contributed by atoms with Gasteiger partial charge in [-0.3, -0.25) is 5.10 Å². The number of nitrogens with one attached hydrogen (secondary N) is 2. The van der Waals surface area contributed by atoms with E-state index in [0.29, 0.717) is 17.3 Å². The maximum absolute atomic E-state index is 13.7. The van der Waals surface area contributed by atoms with Crippen LogP contribution < -0.4 is 4.72 Å². The highest BCUT2D eigenvalue weighted by Gasteiger charge is 2.18. The van der Waals surface area contributed by atoms with Crippen molar-refractivity contribution in [2.75, 3.05) is 6.54 Å². The van der Waals surface area contributed by atoms with Crippen LogP contribution in [0.2, 0.25) is 0 Å². The van der Waals surface area contributed by atoms with E-state index in [-0.39, 0.29) is 11.4 Å². The molecule has 0 aliphatic carbocycles. The standard InChI is InChI=1S/C13H15BrFN3O2S/c1-9-10(8-16-18-9)3-2-6-17-21(19,20)13-5-4-11(14)7-12(13)15/h4-5,7-8,17H,2-3,6H2,1H3,(H,16,18). The molecule has 114 valence electrons. The van der Waals surface area contributed by atoms with Crippen LogP contribution >= 0.6 is 15.9 Å². The van der Waals surface area contributed by atoms with Crippen LogP contribution in [0, 0.1) is 12.7 Å². The predicted molar refractivity (Wildman–Crippen MR) is 80.9 cm³/mol. The molecule has 0 amide bonds. The van der Waals surface area contributed by atoms with E-state index in [1.165, 1.54) is 12.1 Å². The van der Waals surface area contributed by atoms with Crippen LogP contribution in [0.4, 0.5) is 4.39 Å². The average molecular weight is 376 g/mol. The number of hydrogen-bond acceptors (Lipinski definition) is 3. The van der Waals surface area contributed by atoms with Gasteiger partial charge in [-0.2, -0.15) is 5.10 Å². The van der Waals surface area contributed by atoms with E-state index in [4.69, 9.17) is 0 Å². The second kappa shape index (κ2) is 6.67. The first-order chi connectivity index (χ1) is 9.90. The van der Waals surface area contributed by atoms with Gasteiger partial charge in [0.25, 0.3) is 0 Å². The van der Waals surface area contributed by atoms with Crippen molar-refractivity contribution in [1.82, 2.24) is 14.9 Å². The number of rotatable bonds is 6. The summed E-state index contributed by atoms with van der Waals surface area (Å²) >= 11 is 3.09. The van der Waals surface area contributed by atoms with Gasteiger partial charge in [-0.15, -0.1) is 0 Å². The van der Waals surface area contributed by atoms with Gasteiger partial charge in [-0.25, -0.2) is 17.5 Å². The lowest BCUT2D eigenvalue weighted by Crippen LogP contribution is -2.26. The molecule has 0 unspecified atom stereocenters. The van der Waals surface area contributed by atoms with Gasteiger partial charge in [0, 0.05) is 16.7 Å². The van der Waals surface area contributed by atoms with E-state index in [1.807, 2.05) is 6.92 Å². The summed E-state index contributed by atoms with van der Waals surface area (Å²) in [5, 5.41) is 6.72. The minimum Gasteiger partial charge on any atom is -0.283 e. The fraction of sp³-hybridized carbons (Fsp3) is 0.308. The molecule has 0 atom stereocenters. The summed E-state index contributed by atoms with van der Waals surface area (Å²) in [5.41, 5.74) is 2.01. The fourth-order valence-electron chi connectivity index (χ4n) is 1.88. The normalized spacial score (nSPS) is 11.8. The topological polar surface area (TPSA) is 74.8 Å². The highest BCUT2D eigenvalue weighted by molar-refractivity contribution is 9.10. The van der Waals surface area contributed by atoms with Crippen LogP contribution in [0.5, 0.6) is 0 Å². The Labute approximate surface area is 131 Å². The summed E-state index contributed by atoms with van der Waals surface area (Å²) in [6, 6.07) is 3.86. The fourth-order valence-corrected chi connectivity index (χ4v) is 3.35. The molecule has 0 aliphatic heterocycles. The summed E-state index contributed by atoms with van der Waals surface area (Å²) < 4.78 is 40.6. The van der Waals surface area contributed by atoms with Gasteiger partial charge in [0.15, 0.2) is 0 Å². The van der Waals surface area contributed by atoms with Crippen LogP contribution in [-0.2, 0) is 16.4 Å². The number of aromatic nitrogens is 2. The maximum Gasteiger partial charge on any atom is 0.243 e. The van der Waals surface area contributed by atoms with E-state index >= 15 is 0 Å².